The van der Waals surface area contributed by atoms with Gasteiger partial charge in [-0.15, -0.1) is 0 Å². The van der Waals surface area contributed by atoms with Crippen LogP contribution < -0.4 is 10.2 Å². The van der Waals surface area contributed by atoms with E-state index >= 15 is 0 Å². The molecule has 0 saturated carbocycles. The summed E-state index contributed by atoms with van der Waals surface area (Å²) in [5, 5.41) is 3.08. The van der Waals surface area contributed by atoms with E-state index in [1.54, 1.807) is 6.33 Å². The largest absolute Gasteiger partial charge is 0.373 e. The molecule has 1 N–H and O–H groups in total. The summed E-state index contributed by atoms with van der Waals surface area (Å²) in [7, 11) is 1.87. The van der Waals surface area contributed by atoms with Crippen LogP contribution in [0, 0.1) is 0 Å². The van der Waals surface area contributed by atoms with Crippen molar-refractivity contribution in [1.29, 1.82) is 0 Å². The Morgan fingerprint density at radius 1 is 0.875 bits per heavy atom. The van der Waals surface area contributed by atoms with Crippen molar-refractivity contribution in [2.24, 2.45) is 0 Å². The maximum Gasteiger partial charge on any atom is 0.134 e. The molecular weight excluding hydrogens is 296 g/mol. The van der Waals surface area contributed by atoms with Crippen LogP contribution in [0.25, 0.3) is 0 Å². The van der Waals surface area contributed by atoms with E-state index in [0.29, 0.717) is 0 Å². The molecule has 0 aliphatic heterocycles. The molecule has 0 saturated heterocycles. The second kappa shape index (κ2) is 8.11. The van der Waals surface area contributed by atoms with Crippen molar-refractivity contribution in [3.63, 3.8) is 0 Å². The van der Waals surface area contributed by atoms with Crippen LogP contribution in [-0.4, -0.2) is 23.6 Å². The highest BCUT2D eigenvalue weighted by molar-refractivity contribution is 5.48. The molecule has 0 aliphatic rings. The van der Waals surface area contributed by atoms with Crippen molar-refractivity contribution >= 4 is 11.6 Å². The summed E-state index contributed by atoms with van der Waals surface area (Å²) >= 11 is 0. The molecular formula is C20H22N4. The van der Waals surface area contributed by atoms with Crippen LogP contribution in [0.4, 0.5) is 11.6 Å². The summed E-state index contributed by atoms with van der Waals surface area (Å²) in [6, 6.07) is 23.0. The summed E-state index contributed by atoms with van der Waals surface area (Å²) in [6.07, 6.45) is 2.59. The minimum absolute atomic E-state index is 0.827. The Morgan fingerprint density at radius 3 is 2.21 bits per heavy atom. The summed E-state index contributed by atoms with van der Waals surface area (Å²) < 4.78 is 0. The second-order valence-electron chi connectivity index (χ2n) is 5.65. The van der Waals surface area contributed by atoms with Crippen molar-refractivity contribution in [2.45, 2.75) is 13.0 Å². The second-order valence-corrected chi connectivity index (χ2v) is 5.65. The van der Waals surface area contributed by atoms with Gasteiger partial charge in [0.15, 0.2) is 0 Å². The van der Waals surface area contributed by atoms with Gasteiger partial charge >= 0.3 is 0 Å². The van der Waals surface area contributed by atoms with E-state index in [1.165, 1.54) is 11.1 Å². The minimum atomic E-state index is 0.827. The summed E-state index contributed by atoms with van der Waals surface area (Å²) in [5.41, 5.74) is 2.61. The smallest absolute Gasteiger partial charge is 0.134 e. The van der Waals surface area contributed by atoms with E-state index in [2.05, 4.69) is 74.8 Å². The highest BCUT2D eigenvalue weighted by atomic mass is 15.2. The molecule has 1 heterocycles. The first kappa shape index (κ1) is 16.0. The standard InChI is InChI=1S/C20H22N4/c1-21-19-14-20(23-16-22-19)24(15-18-10-6-3-7-11-18)13-12-17-8-4-2-5-9-17/h2-11,14,16H,12-13,15H2,1H3,(H,21,22,23). The Hall–Kier alpha value is -2.88. The Balaban J connectivity index is 1.79. The maximum atomic E-state index is 4.47. The van der Waals surface area contributed by atoms with Crippen molar-refractivity contribution in [3.8, 4) is 0 Å². The van der Waals surface area contributed by atoms with E-state index in [-0.39, 0.29) is 0 Å². The quantitative estimate of drug-likeness (QED) is 0.720. The lowest BCUT2D eigenvalue weighted by Gasteiger charge is -2.24. The first-order chi connectivity index (χ1) is 11.8. The number of nitrogens with one attached hydrogen (secondary N) is 1. The van der Waals surface area contributed by atoms with Gasteiger partial charge in [0.1, 0.15) is 18.0 Å². The number of aromatic nitrogens is 2. The minimum Gasteiger partial charge on any atom is -0.373 e. The van der Waals surface area contributed by atoms with Crippen molar-refractivity contribution in [1.82, 2.24) is 9.97 Å². The van der Waals surface area contributed by atoms with Crippen LogP contribution in [0.2, 0.25) is 0 Å². The Bertz CT molecular complexity index is 744. The van der Waals surface area contributed by atoms with Crippen LogP contribution in [-0.2, 0) is 13.0 Å². The van der Waals surface area contributed by atoms with Crippen molar-refractivity contribution < 1.29 is 0 Å². The molecule has 0 unspecified atom stereocenters. The van der Waals surface area contributed by atoms with E-state index < -0.39 is 0 Å². The zero-order chi connectivity index (χ0) is 16.6. The van der Waals surface area contributed by atoms with Gasteiger partial charge < -0.3 is 10.2 Å². The van der Waals surface area contributed by atoms with E-state index in [1.807, 2.05) is 19.2 Å². The number of nitrogens with zero attached hydrogens (tertiary/aromatic N) is 3. The predicted octanol–water partition coefficient (Wildman–Crippen LogP) is 3.77. The lowest BCUT2D eigenvalue weighted by molar-refractivity contribution is 0.766. The molecule has 0 fully saturated rings. The Labute approximate surface area is 143 Å². The summed E-state index contributed by atoms with van der Waals surface area (Å²) in [5.74, 6) is 1.77. The van der Waals surface area contributed by atoms with Gasteiger partial charge in [0, 0.05) is 26.2 Å². The van der Waals surface area contributed by atoms with E-state index in [0.717, 1.165) is 31.1 Å². The van der Waals surface area contributed by atoms with Gasteiger partial charge in [0.25, 0.3) is 0 Å². The predicted molar refractivity (Wildman–Crippen MR) is 99.2 cm³/mol. The lowest BCUT2D eigenvalue weighted by atomic mass is 10.1. The molecule has 0 bridgehead atoms. The monoisotopic (exact) mass is 318 g/mol. The first-order valence-electron chi connectivity index (χ1n) is 8.18. The van der Waals surface area contributed by atoms with Crippen LogP contribution in [0.5, 0.6) is 0 Å². The van der Waals surface area contributed by atoms with Crippen molar-refractivity contribution in [2.75, 3.05) is 23.8 Å². The Kier molecular flexibility index (Phi) is 5.40. The Morgan fingerprint density at radius 2 is 1.54 bits per heavy atom. The maximum absolute atomic E-state index is 4.47. The topological polar surface area (TPSA) is 41.0 Å². The number of benzene rings is 2. The molecule has 0 aliphatic carbocycles. The molecule has 4 heteroatoms. The highest BCUT2D eigenvalue weighted by Gasteiger charge is 2.10. The molecule has 1 aromatic heterocycles. The van der Waals surface area contributed by atoms with Gasteiger partial charge in [-0.25, -0.2) is 9.97 Å². The van der Waals surface area contributed by atoms with E-state index in [4.69, 9.17) is 0 Å². The van der Waals surface area contributed by atoms with Gasteiger partial charge in [-0.1, -0.05) is 60.7 Å². The zero-order valence-electron chi connectivity index (χ0n) is 13.9. The fraction of sp³-hybridized carbons (Fsp3) is 0.200. The number of rotatable bonds is 7. The van der Waals surface area contributed by atoms with Crippen LogP contribution in [0.3, 0.4) is 0 Å². The van der Waals surface area contributed by atoms with Gasteiger partial charge in [0.2, 0.25) is 0 Å². The lowest BCUT2D eigenvalue weighted by Crippen LogP contribution is -2.26. The molecule has 0 radical (unpaired) electrons. The number of hydrogen-bond acceptors (Lipinski definition) is 4. The fourth-order valence-corrected chi connectivity index (χ4v) is 2.64. The molecule has 4 nitrogen and oxygen atoms in total. The molecule has 2 aromatic carbocycles. The van der Waals surface area contributed by atoms with E-state index in [9.17, 15) is 0 Å². The molecule has 0 atom stereocenters. The third-order valence-electron chi connectivity index (χ3n) is 3.96. The average Bonchev–Trinajstić information content (AvgIpc) is 2.67. The highest BCUT2D eigenvalue weighted by Crippen LogP contribution is 2.17. The normalized spacial score (nSPS) is 10.4. The van der Waals surface area contributed by atoms with Crippen LogP contribution >= 0.6 is 0 Å². The zero-order valence-corrected chi connectivity index (χ0v) is 13.9. The van der Waals surface area contributed by atoms with Crippen molar-refractivity contribution in [3.05, 3.63) is 84.2 Å². The average molecular weight is 318 g/mol. The first-order valence-corrected chi connectivity index (χ1v) is 8.18. The number of hydrogen-bond donors (Lipinski definition) is 1. The third-order valence-corrected chi connectivity index (χ3v) is 3.96. The SMILES string of the molecule is CNc1cc(N(CCc2ccccc2)Cc2ccccc2)ncn1. The fourth-order valence-electron chi connectivity index (χ4n) is 2.64. The van der Waals surface area contributed by atoms with Gasteiger partial charge in [0.05, 0.1) is 0 Å². The molecule has 24 heavy (non-hydrogen) atoms. The van der Waals surface area contributed by atoms with Gasteiger partial charge in [-0.05, 0) is 17.5 Å². The summed E-state index contributed by atoms with van der Waals surface area (Å²) in [4.78, 5) is 11.0. The molecule has 3 aromatic rings. The third kappa shape index (κ3) is 4.32. The number of anilines is 2. The summed E-state index contributed by atoms with van der Waals surface area (Å²) in [6.45, 7) is 1.73. The molecule has 3 rings (SSSR count). The van der Waals surface area contributed by atoms with Crippen LogP contribution in [0.15, 0.2) is 73.1 Å². The molecule has 0 spiro atoms. The van der Waals surface area contributed by atoms with Gasteiger partial charge in [-0.2, -0.15) is 0 Å². The van der Waals surface area contributed by atoms with Gasteiger partial charge in [-0.3, -0.25) is 0 Å². The van der Waals surface area contributed by atoms with Crippen LogP contribution in [0.1, 0.15) is 11.1 Å². The molecule has 0 amide bonds. The molecule has 122 valence electrons.